The van der Waals surface area contributed by atoms with Crippen LogP contribution in [0.4, 0.5) is 0 Å². The second-order valence-corrected chi connectivity index (χ2v) is 5.98. The van der Waals surface area contributed by atoms with Crippen LogP contribution in [-0.4, -0.2) is 34.9 Å². The third-order valence-electron chi connectivity index (χ3n) is 2.01. The molecule has 0 spiro atoms. The lowest BCUT2D eigenvalue weighted by molar-refractivity contribution is 0.0696. The summed E-state index contributed by atoms with van der Waals surface area (Å²) < 4.78 is 23.1. The van der Waals surface area contributed by atoms with Crippen molar-refractivity contribution in [2.45, 2.75) is 24.9 Å². The molecule has 1 rings (SSSR count). The average Bonchev–Trinajstić information content (AvgIpc) is 2.51. The number of hydrogen-bond donors (Lipinski definition) is 2. The number of carbonyl (C=O) groups is 1. The Morgan fingerprint density at radius 2 is 2.20 bits per heavy atom. The maximum Gasteiger partial charge on any atom is 0.339 e. The summed E-state index contributed by atoms with van der Waals surface area (Å²) in [6, 6.07) is 0. The van der Waals surface area contributed by atoms with Crippen LogP contribution in [-0.2, 0) is 15.6 Å². The zero-order valence-corrected chi connectivity index (χ0v) is 9.21. The molecule has 1 aromatic heterocycles. The fourth-order valence-electron chi connectivity index (χ4n) is 0.975. The predicted molar refractivity (Wildman–Crippen MR) is 53.3 cm³/mol. The zero-order chi connectivity index (χ0) is 11.6. The molecule has 0 fully saturated rings. The normalized spacial score (nSPS) is 11.9. The van der Waals surface area contributed by atoms with Crippen LogP contribution in [0.5, 0.6) is 0 Å². The monoisotopic (exact) mass is 232 g/mol. The van der Waals surface area contributed by atoms with Gasteiger partial charge in [0.15, 0.2) is 9.84 Å². The summed E-state index contributed by atoms with van der Waals surface area (Å²) in [5.41, 5.74) is 0.0235. The number of nitrogens with zero attached hydrogens (tertiary/aromatic N) is 1. The molecule has 0 radical (unpaired) electrons. The molecule has 0 aromatic carbocycles. The molecule has 6 nitrogen and oxygen atoms in total. The van der Waals surface area contributed by atoms with Gasteiger partial charge in [-0.15, -0.1) is 0 Å². The van der Waals surface area contributed by atoms with Crippen molar-refractivity contribution in [3.63, 3.8) is 0 Å². The van der Waals surface area contributed by atoms with E-state index in [1.165, 1.54) is 0 Å². The van der Waals surface area contributed by atoms with E-state index >= 15 is 0 Å². The first-order chi connectivity index (χ1) is 6.84. The van der Waals surface area contributed by atoms with E-state index in [2.05, 4.69) is 10.2 Å². The van der Waals surface area contributed by atoms with E-state index in [9.17, 15) is 13.2 Å². The molecule has 1 heterocycles. The van der Waals surface area contributed by atoms with E-state index < -0.39 is 21.1 Å². The van der Waals surface area contributed by atoms with Crippen molar-refractivity contribution in [2.24, 2.45) is 0 Å². The Morgan fingerprint density at radius 3 is 2.67 bits per heavy atom. The molecule has 15 heavy (non-hydrogen) atoms. The van der Waals surface area contributed by atoms with Crippen molar-refractivity contribution in [2.75, 3.05) is 0 Å². The lowest BCUT2D eigenvalue weighted by Crippen LogP contribution is -2.17. The first kappa shape index (κ1) is 11.7. The van der Waals surface area contributed by atoms with Gasteiger partial charge in [0.2, 0.25) is 0 Å². The molecule has 0 atom stereocenters. The molecule has 0 amide bonds. The van der Waals surface area contributed by atoms with Gasteiger partial charge in [-0.1, -0.05) is 0 Å². The largest absolute Gasteiger partial charge is 0.478 e. The van der Waals surface area contributed by atoms with E-state index in [0.29, 0.717) is 0 Å². The van der Waals surface area contributed by atoms with Gasteiger partial charge in [-0.3, -0.25) is 5.10 Å². The first-order valence-electron chi connectivity index (χ1n) is 4.31. The minimum absolute atomic E-state index is 0.0979. The van der Waals surface area contributed by atoms with E-state index in [4.69, 9.17) is 5.11 Å². The van der Waals surface area contributed by atoms with Gasteiger partial charge in [0.05, 0.1) is 22.9 Å². The maximum absolute atomic E-state index is 11.5. The highest BCUT2D eigenvalue weighted by atomic mass is 32.2. The summed E-state index contributed by atoms with van der Waals surface area (Å²) in [6.07, 6.45) is 1.10. The Bertz CT molecular complexity index is 461. The van der Waals surface area contributed by atoms with Gasteiger partial charge in [-0.25, -0.2) is 13.2 Å². The number of hydrogen-bond acceptors (Lipinski definition) is 4. The predicted octanol–water partition coefficient (Wildman–Crippen LogP) is 0.431. The number of carboxylic acids is 1. The van der Waals surface area contributed by atoms with Crippen LogP contribution >= 0.6 is 0 Å². The lowest BCUT2D eigenvalue weighted by atomic mass is 10.3. The number of rotatable bonds is 4. The summed E-state index contributed by atoms with van der Waals surface area (Å²) in [4.78, 5) is 10.7. The molecule has 0 aliphatic heterocycles. The molecule has 0 saturated heterocycles. The van der Waals surface area contributed by atoms with Crippen molar-refractivity contribution >= 4 is 15.8 Å². The standard InChI is InChI=1S/C8H12N2O4S/c1-5(2)15(13,14)4-7-6(8(11)12)3-9-10-7/h3,5H,4H2,1-2H3,(H,9,10)(H,11,12). The summed E-state index contributed by atoms with van der Waals surface area (Å²) in [7, 11) is -3.31. The molecule has 2 N–H and O–H groups in total. The minimum atomic E-state index is -3.31. The van der Waals surface area contributed by atoms with Gasteiger partial charge in [0.25, 0.3) is 0 Å². The number of nitrogens with one attached hydrogen (secondary N) is 1. The molecule has 0 aliphatic rings. The summed E-state index contributed by atoms with van der Waals surface area (Å²) >= 11 is 0. The van der Waals surface area contributed by atoms with Gasteiger partial charge in [-0.05, 0) is 13.8 Å². The van der Waals surface area contributed by atoms with Crippen LogP contribution in [0.3, 0.4) is 0 Å². The SMILES string of the molecule is CC(C)S(=O)(=O)Cc1[nH]ncc1C(=O)O. The fourth-order valence-corrected chi connectivity index (χ4v) is 1.93. The first-order valence-corrected chi connectivity index (χ1v) is 6.03. The number of aromatic carboxylic acids is 1. The van der Waals surface area contributed by atoms with Gasteiger partial charge in [-0.2, -0.15) is 5.10 Å². The highest BCUT2D eigenvalue weighted by molar-refractivity contribution is 7.91. The van der Waals surface area contributed by atoms with Crippen molar-refractivity contribution in [3.8, 4) is 0 Å². The molecule has 0 aliphatic carbocycles. The van der Waals surface area contributed by atoms with E-state index in [1.807, 2.05) is 0 Å². The summed E-state index contributed by atoms with van der Waals surface area (Å²) in [5.74, 6) is -1.51. The number of H-pyrrole nitrogens is 1. The summed E-state index contributed by atoms with van der Waals surface area (Å²) in [5, 5.41) is 14.1. The van der Waals surface area contributed by atoms with Crippen LogP contribution in [0.25, 0.3) is 0 Å². The van der Waals surface area contributed by atoms with Crippen molar-refractivity contribution in [1.29, 1.82) is 0 Å². The highest BCUT2D eigenvalue weighted by Crippen LogP contribution is 2.12. The topological polar surface area (TPSA) is 100 Å². The Kier molecular flexibility index (Phi) is 3.13. The van der Waals surface area contributed by atoms with Crippen LogP contribution in [0.2, 0.25) is 0 Å². The molecule has 0 saturated carbocycles. The molecule has 7 heteroatoms. The van der Waals surface area contributed by atoms with E-state index in [0.717, 1.165) is 6.20 Å². The van der Waals surface area contributed by atoms with E-state index in [-0.39, 0.29) is 17.0 Å². The molecular weight excluding hydrogens is 220 g/mol. The number of carboxylic acid groups (broad SMARTS) is 1. The van der Waals surface area contributed by atoms with Gasteiger partial charge < -0.3 is 5.11 Å². The van der Waals surface area contributed by atoms with Crippen LogP contribution < -0.4 is 0 Å². The number of sulfone groups is 1. The molecule has 0 unspecified atom stereocenters. The minimum Gasteiger partial charge on any atom is -0.478 e. The smallest absolute Gasteiger partial charge is 0.339 e. The third kappa shape index (κ3) is 2.56. The second-order valence-electron chi connectivity index (χ2n) is 3.42. The maximum atomic E-state index is 11.5. The van der Waals surface area contributed by atoms with Crippen LogP contribution in [0.15, 0.2) is 6.20 Å². The van der Waals surface area contributed by atoms with Gasteiger partial charge in [0.1, 0.15) is 5.56 Å². The van der Waals surface area contributed by atoms with Gasteiger partial charge >= 0.3 is 5.97 Å². The molecule has 0 bridgehead atoms. The highest BCUT2D eigenvalue weighted by Gasteiger charge is 2.22. The average molecular weight is 232 g/mol. The number of aromatic amines is 1. The molecule has 1 aromatic rings. The second kappa shape index (κ2) is 4.01. The molecule has 84 valence electrons. The van der Waals surface area contributed by atoms with Crippen molar-refractivity contribution in [3.05, 3.63) is 17.5 Å². The van der Waals surface area contributed by atoms with Crippen molar-refractivity contribution in [1.82, 2.24) is 10.2 Å². The Balaban J connectivity index is 3.01. The Labute approximate surface area is 87.2 Å². The Hall–Kier alpha value is -1.37. The van der Waals surface area contributed by atoms with Gasteiger partial charge in [0, 0.05) is 0 Å². The van der Waals surface area contributed by atoms with Crippen molar-refractivity contribution < 1.29 is 18.3 Å². The van der Waals surface area contributed by atoms with Crippen LogP contribution in [0, 0.1) is 0 Å². The zero-order valence-electron chi connectivity index (χ0n) is 8.39. The third-order valence-corrected chi connectivity index (χ3v) is 4.14. The summed E-state index contributed by atoms with van der Waals surface area (Å²) in [6.45, 7) is 3.10. The quantitative estimate of drug-likeness (QED) is 0.784. The Morgan fingerprint density at radius 1 is 1.60 bits per heavy atom. The lowest BCUT2D eigenvalue weighted by Gasteiger charge is -2.06. The fraction of sp³-hybridized carbons (Fsp3) is 0.500. The van der Waals surface area contributed by atoms with Crippen LogP contribution in [0.1, 0.15) is 29.9 Å². The molecular formula is C8H12N2O4S. The number of aromatic nitrogens is 2. The van der Waals surface area contributed by atoms with E-state index in [1.54, 1.807) is 13.8 Å².